The molecule has 0 bridgehead atoms. The topological polar surface area (TPSA) is 49.4 Å². The molecule has 0 atom stereocenters. The van der Waals surface area contributed by atoms with Crippen LogP contribution in [0.15, 0.2) is 30.3 Å². The fourth-order valence-electron chi connectivity index (χ4n) is 2.35. The zero-order valence-corrected chi connectivity index (χ0v) is 14.9. The number of thiophene rings is 1. The SMILES string of the molecule is CCCc1cc(C(=O)N(C)CC(=O)Nc2ccc(F)cc2)sc1C. The summed E-state index contributed by atoms with van der Waals surface area (Å²) >= 11 is 1.46. The lowest BCUT2D eigenvalue weighted by atomic mass is 10.1. The van der Waals surface area contributed by atoms with Crippen LogP contribution in [-0.2, 0) is 11.2 Å². The lowest BCUT2D eigenvalue weighted by Crippen LogP contribution is -2.34. The van der Waals surface area contributed by atoms with Gasteiger partial charge in [-0.3, -0.25) is 9.59 Å². The van der Waals surface area contributed by atoms with E-state index in [0.29, 0.717) is 10.6 Å². The Bertz CT molecular complexity index is 725. The molecule has 24 heavy (non-hydrogen) atoms. The highest BCUT2D eigenvalue weighted by Crippen LogP contribution is 2.24. The molecule has 0 unspecified atom stereocenters. The highest BCUT2D eigenvalue weighted by atomic mass is 32.1. The molecule has 0 aliphatic rings. The second-order valence-electron chi connectivity index (χ2n) is 5.66. The van der Waals surface area contributed by atoms with E-state index in [1.165, 1.54) is 46.1 Å². The van der Waals surface area contributed by atoms with Crippen molar-refractivity contribution in [3.05, 3.63) is 51.5 Å². The predicted molar refractivity (Wildman–Crippen MR) is 95.0 cm³/mol. The van der Waals surface area contributed by atoms with Gasteiger partial charge in [0.15, 0.2) is 0 Å². The van der Waals surface area contributed by atoms with Crippen LogP contribution in [0.2, 0.25) is 0 Å². The second kappa shape index (κ2) is 8.06. The summed E-state index contributed by atoms with van der Waals surface area (Å²) in [6.45, 7) is 4.05. The van der Waals surface area contributed by atoms with E-state index in [1.807, 2.05) is 13.0 Å². The van der Waals surface area contributed by atoms with Crippen molar-refractivity contribution in [3.8, 4) is 0 Å². The summed E-state index contributed by atoms with van der Waals surface area (Å²) in [4.78, 5) is 27.7. The van der Waals surface area contributed by atoms with Crippen LogP contribution in [0.25, 0.3) is 0 Å². The predicted octanol–water partition coefficient (Wildman–Crippen LogP) is 3.86. The Labute approximate surface area is 145 Å². The van der Waals surface area contributed by atoms with Crippen molar-refractivity contribution in [1.29, 1.82) is 0 Å². The smallest absolute Gasteiger partial charge is 0.264 e. The number of hydrogen-bond acceptors (Lipinski definition) is 3. The first kappa shape index (κ1) is 18.1. The van der Waals surface area contributed by atoms with Gasteiger partial charge in [0.1, 0.15) is 5.82 Å². The fourth-order valence-corrected chi connectivity index (χ4v) is 3.42. The Morgan fingerprint density at radius 3 is 2.54 bits per heavy atom. The number of aryl methyl sites for hydroxylation is 2. The van der Waals surface area contributed by atoms with E-state index in [-0.39, 0.29) is 24.2 Å². The summed E-state index contributed by atoms with van der Waals surface area (Å²) in [5.74, 6) is -0.851. The number of hydrogen-bond donors (Lipinski definition) is 1. The molecular formula is C18H21FN2O2S. The molecule has 6 heteroatoms. The Morgan fingerprint density at radius 2 is 1.92 bits per heavy atom. The third-order valence-corrected chi connectivity index (χ3v) is 4.69. The van der Waals surface area contributed by atoms with Crippen molar-refractivity contribution >= 4 is 28.8 Å². The highest BCUT2D eigenvalue weighted by Gasteiger charge is 2.18. The van der Waals surface area contributed by atoms with Crippen LogP contribution in [0, 0.1) is 12.7 Å². The zero-order valence-electron chi connectivity index (χ0n) is 14.1. The van der Waals surface area contributed by atoms with Crippen molar-refractivity contribution < 1.29 is 14.0 Å². The van der Waals surface area contributed by atoms with Gasteiger partial charge in [-0.15, -0.1) is 11.3 Å². The van der Waals surface area contributed by atoms with Gasteiger partial charge in [-0.25, -0.2) is 4.39 Å². The van der Waals surface area contributed by atoms with E-state index in [2.05, 4.69) is 12.2 Å². The number of amides is 2. The molecule has 2 amide bonds. The number of carbonyl (C=O) groups excluding carboxylic acids is 2. The largest absolute Gasteiger partial charge is 0.332 e. The van der Waals surface area contributed by atoms with Crippen LogP contribution < -0.4 is 5.32 Å². The lowest BCUT2D eigenvalue weighted by Gasteiger charge is -2.16. The van der Waals surface area contributed by atoms with E-state index in [9.17, 15) is 14.0 Å². The highest BCUT2D eigenvalue weighted by molar-refractivity contribution is 7.14. The summed E-state index contributed by atoms with van der Waals surface area (Å²) in [6, 6.07) is 7.42. The van der Waals surface area contributed by atoms with Gasteiger partial charge in [0, 0.05) is 17.6 Å². The molecule has 1 heterocycles. The molecule has 0 radical (unpaired) electrons. The minimum atomic E-state index is -0.365. The average molecular weight is 348 g/mol. The first-order chi connectivity index (χ1) is 11.4. The van der Waals surface area contributed by atoms with Gasteiger partial charge >= 0.3 is 0 Å². The maximum Gasteiger partial charge on any atom is 0.264 e. The number of likely N-dealkylation sites (N-methyl/N-ethyl adjacent to an activating group) is 1. The third kappa shape index (κ3) is 4.64. The maximum absolute atomic E-state index is 12.9. The molecule has 0 aliphatic heterocycles. The molecule has 2 rings (SSSR count). The zero-order chi connectivity index (χ0) is 17.7. The molecule has 1 aromatic carbocycles. The molecule has 128 valence electrons. The standard InChI is InChI=1S/C18H21FN2O2S/c1-4-5-13-10-16(24-12(13)2)18(23)21(3)11-17(22)20-15-8-6-14(19)7-9-15/h6-10H,4-5,11H2,1-3H3,(H,20,22). The molecule has 0 saturated heterocycles. The Kier molecular flexibility index (Phi) is 6.09. The van der Waals surface area contributed by atoms with Gasteiger partial charge in [-0.05, 0) is 49.2 Å². The number of nitrogens with one attached hydrogen (secondary N) is 1. The molecule has 0 fully saturated rings. The third-order valence-electron chi connectivity index (χ3n) is 3.61. The monoisotopic (exact) mass is 348 g/mol. The van der Waals surface area contributed by atoms with Crippen molar-refractivity contribution in [1.82, 2.24) is 4.90 Å². The quantitative estimate of drug-likeness (QED) is 0.862. The minimum absolute atomic E-state index is 0.0593. The van der Waals surface area contributed by atoms with Crippen molar-refractivity contribution in [2.75, 3.05) is 18.9 Å². The molecule has 1 N–H and O–H groups in total. The van der Waals surface area contributed by atoms with Gasteiger partial charge in [-0.1, -0.05) is 13.3 Å². The first-order valence-electron chi connectivity index (χ1n) is 7.81. The van der Waals surface area contributed by atoms with Gasteiger partial charge in [-0.2, -0.15) is 0 Å². The number of nitrogens with zero attached hydrogens (tertiary/aromatic N) is 1. The van der Waals surface area contributed by atoms with Gasteiger partial charge in [0.25, 0.3) is 5.91 Å². The van der Waals surface area contributed by atoms with E-state index >= 15 is 0 Å². The van der Waals surface area contributed by atoms with Gasteiger partial charge < -0.3 is 10.2 Å². The number of benzene rings is 1. The summed E-state index contributed by atoms with van der Waals surface area (Å²) in [5.41, 5.74) is 1.69. The van der Waals surface area contributed by atoms with Crippen LogP contribution >= 0.6 is 11.3 Å². The van der Waals surface area contributed by atoms with Crippen LogP contribution in [0.1, 0.15) is 33.5 Å². The number of anilines is 1. The first-order valence-corrected chi connectivity index (χ1v) is 8.62. The maximum atomic E-state index is 12.9. The number of rotatable bonds is 6. The Hall–Kier alpha value is -2.21. The van der Waals surface area contributed by atoms with Gasteiger partial charge in [0.2, 0.25) is 5.91 Å². The molecule has 0 spiro atoms. The van der Waals surface area contributed by atoms with E-state index in [1.54, 1.807) is 7.05 Å². The normalized spacial score (nSPS) is 10.5. The Balaban J connectivity index is 1.96. The summed E-state index contributed by atoms with van der Waals surface area (Å²) < 4.78 is 12.9. The number of carbonyl (C=O) groups is 2. The van der Waals surface area contributed by atoms with E-state index < -0.39 is 0 Å². The molecule has 0 aliphatic carbocycles. The van der Waals surface area contributed by atoms with Crippen molar-refractivity contribution in [2.45, 2.75) is 26.7 Å². The van der Waals surface area contributed by atoms with Crippen molar-refractivity contribution in [2.24, 2.45) is 0 Å². The Morgan fingerprint density at radius 1 is 1.25 bits per heavy atom. The minimum Gasteiger partial charge on any atom is -0.332 e. The van der Waals surface area contributed by atoms with Crippen LogP contribution in [0.5, 0.6) is 0 Å². The second-order valence-corrected chi connectivity index (χ2v) is 6.91. The molecule has 0 saturated carbocycles. The van der Waals surface area contributed by atoms with Crippen LogP contribution in [0.3, 0.4) is 0 Å². The lowest BCUT2D eigenvalue weighted by molar-refractivity contribution is -0.116. The summed E-state index contributed by atoms with van der Waals surface area (Å²) in [5, 5.41) is 2.65. The average Bonchev–Trinajstić information content (AvgIpc) is 2.90. The molecule has 4 nitrogen and oxygen atoms in total. The summed E-state index contributed by atoms with van der Waals surface area (Å²) in [6.07, 6.45) is 1.98. The fraction of sp³-hybridized carbons (Fsp3) is 0.333. The van der Waals surface area contributed by atoms with Crippen LogP contribution in [0.4, 0.5) is 10.1 Å². The number of halogens is 1. The molecule has 1 aromatic heterocycles. The molecular weight excluding hydrogens is 327 g/mol. The van der Waals surface area contributed by atoms with E-state index in [0.717, 1.165) is 17.7 Å². The van der Waals surface area contributed by atoms with E-state index in [4.69, 9.17) is 0 Å². The van der Waals surface area contributed by atoms with Crippen molar-refractivity contribution in [3.63, 3.8) is 0 Å². The molecule has 2 aromatic rings. The summed E-state index contributed by atoms with van der Waals surface area (Å²) in [7, 11) is 1.60. The van der Waals surface area contributed by atoms with Crippen LogP contribution in [-0.4, -0.2) is 30.3 Å². The van der Waals surface area contributed by atoms with Gasteiger partial charge in [0.05, 0.1) is 11.4 Å².